The first-order valence-corrected chi connectivity index (χ1v) is 5.01. The average Bonchev–Trinajstić information content (AvgIpc) is 2.27. The van der Waals surface area contributed by atoms with Gasteiger partial charge in [0, 0.05) is 5.88 Å². The van der Waals surface area contributed by atoms with Crippen LogP contribution in [0.5, 0.6) is 0 Å². The molecule has 0 bridgehead atoms. The monoisotopic (exact) mass is 260 g/mol. The standard InChI is InChI=1S/C10H7ClF2N2O2/c11-3-5-1-6(4-14)7(2-8(16)17)15-9(5)10(12)13/h1,10H,2-3H2,(H,16,17). The normalized spacial score (nSPS) is 10.3. The van der Waals surface area contributed by atoms with Gasteiger partial charge in [-0.1, -0.05) is 0 Å². The van der Waals surface area contributed by atoms with Crippen molar-refractivity contribution >= 4 is 17.6 Å². The zero-order chi connectivity index (χ0) is 13.0. The lowest BCUT2D eigenvalue weighted by Gasteiger charge is -2.09. The molecule has 17 heavy (non-hydrogen) atoms. The molecule has 0 aliphatic carbocycles. The fourth-order valence-electron chi connectivity index (χ4n) is 1.28. The van der Waals surface area contributed by atoms with E-state index in [-0.39, 0.29) is 22.7 Å². The van der Waals surface area contributed by atoms with E-state index in [9.17, 15) is 13.6 Å². The minimum Gasteiger partial charge on any atom is -0.481 e. The van der Waals surface area contributed by atoms with E-state index in [0.29, 0.717) is 0 Å². The van der Waals surface area contributed by atoms with Crippen LogP contribution in [0.3, 0.4) is 0 Å². The molecular weight excluding hydrogens is 254 g/mol. The Morgan fingerprint density at radius 3 is 2.71 bits per heavy atom. The zero-order valence-corrected chi connectivity index (χ0v) is 9.21. The summed E-state index contributed by atoms with van der Waals surface area (Å²) in [7, 11) is 0. The van der Waals surface area contributed by atoms with Gasteiger partial charge in [0.25, 0.3) is 6.43 Å². The van der Waals surface area contributed by atoms with Crippen LogP contribution in [0, 0.1) is 11.3 Å². The Morgan fingerprint density at radius 1 is 1.65 bits per heavy atom. The Labute approximate surface area is 100 Å². The number of alkyl halides is 3. The molecule has 0 fully saturated rings. The minimum absolute atomic E-state index is 0.0346. The van der Waals surface area contributed by atoms with Crippen molar-refractivity contribution in [2.45, 2.75) is 18.7 Å². The van der Waals surface area contributed by atoms with Gasteiger partial charge in [-0.2, -0.15) is 5.26 Å². The predicted octanol–water partition coefficient (Wildman–Crippen LogP) is 2.26. The maximum absolute atomic E-state index is 12.6. The second-order valence-corrected chi connectivity index (χ2v) is 3.41. The van der Waals surface area contributed by atoms with Crippen LogP contribution in [0.15, 0.2) is 6.07 Å². The molecule has 1 N–H and O–H groups in total. The van der Waals surface area contributed by atoms with Crippen molar-refractivity contribution in [3.8, 4) is 6.07 Å². The summed E-state index contributed by atoms with van der Waals surface area (Å²) in [4.78, 5) is 14.0. The number of hydrogen-bond acceptors (Lipinski definition) is 3. The van der Waals surface area contributed by atoms with E-state index < -0.39 is 24.5 Å². The number of aliphatic carboxylic acids is 1. The Kier molecular flexibility index (Phi) is 4.35. The smallest absolute Gasteiger partial charge is 0.309 e. The Balaban J connectivity index is 3.34. The summed E-state index contributed by atoms with van der Waals surface area (Å²) in [5.74, 6) is -1.46. The SMILES string of the molecule is N#Cc1cc(CCl)c(C(F)F)nc1CC(=O)O. The number of hydrogen-bond donors (Lipinski definition) is 1. The van der Waals surface area contributed by atoms with Crippen LogP contribution < -0.4 is 0 Å². The average molecular weight is 261 g/mol. The highest BCUT2D eigenvalue weighted by Gasteiger charge is 2.19. The highest BCUT2D eigenvalue weighted by molar-refractivity contribution is 6.17. The first-order chi connectivity index (χ1) is 7.99. The number of aromatic nitrogens is 1. The van der Waals surface area contributed by atoms with Gasteiger partial charge in [0.05, 0.1) is 17.7 Å². The van der Waals surface area contributed by atoms with Gasteiger partial charge in [-0.15, -0.1) is 11.6 Å². The molecular formula is C10H7ClF2N2O2. The first kappa shape index (κ1) is 13.3. The lowest BCUT2D eigenvalue weighted by atomic mass is 10.1. The molecule has 0 atom stereocenters. The number of nitriles is 1. The van der Waals surface area contributed by atoms with Gasteiger partial charge >= 0.3 is 5.97 Å². The third-order valence-electron chi connectivity index (χ3n) is 2.00. The lowest BCUT2D eigenvalue weighted by Crippen LogP contribution is -2.09. The largest absolute Gasteiger partial charge is 0.481 e. The summed E-state index contributed by atoms with van der Waals surface area (Å²) in [5, 5.41) is 17.3. The number of nitrogens with zero attached hydrogens (tertiary/aromatic N) is 2. The molecule has 1 aromatic rings. The van der Waals surface area contributed by atoms with Crippen molar-refractivity contribution in [2.24, 2.45) is 0 Å². The summed E-state index contributed by atoms with van der Waals surface area (Å²) in [6.07, 6.45) is -3.44. The lowest BCUT2D eigenvalue weighted by molar-refractivity contribution is -0.136. The number of rotatable bonds is 4. The molecule has 0 saturated carbocycles. The summed E-state index contributed by atoms with van der Waals surface area (Å²) < 4.78 is 25.2. The number of carboxylic acid groups (broad SMARTS) is 1. The molecule has 0 saturated heterocycles. The third kappa shape index (κ3) is 3.11. The van der Waals surface area contributed by atoms with E-state index in [1.165, 1.54) is 0 Å². The summed E-state index contributed by atoms with van der Waals surface area (Å²) in [6.45, 7) is 0. The quantitative estimate of drug-likeness (QED) is 0.843. The molecule has 1 aromatic heterocycles. The fourth-order valence-corrected chi connectivity index (χ4v) is 1.49. The van der Waals surface area contributed by atoms with Gasteiger partial charge in [0.15, 0.2) is 0 Å². The molecule has 0 amide bonds. The molecule has 90 valence electrons. The predicted molar refractivity (Wildman–Crippen MR) is 54.8 cm³/mol. The van der Waals surface area contributed by atoms with Crippen molar-refractivity contribution in [1.29, 1.82) is 5.26 Å². The van der Waals surface area contributed by atoms with E-state index in [4.69, 9.17) is 22.0 Å². The van der Waals surface area contributed by atoms with Crippen LogP contribution in [0.25, 0.3) is 0 Å². The van der Waals surface area contributed by atoms with Crippen LogP contribution >= 0.6 is 11.6 Å². The Bertz CT molecular complexity index is 486. The summed E-state index contributed by atoms with van der Waals surface area (Å²) in [5.41, 5.74) is -0.765. The van der Waals surface area contributed by atoms with Crippen molar-refractivity contribution < 1.29 is 18.7 Å². The van der Waals surface area contributed by atoms with Crippen LogP contribution in [-0.2, 0) is 17.1 Å². The van der Waals surface area contributed by atoms with Gasteiger partial charge in [-0.3, -0.25) is 4.79 Å². The highest BCUT2D eigenvalue weighted by atomic mass is 35.5. The van der Waals surface area contributed by atoms with Gasteiger partial charge in [0.1, 0.15) is 11.8 Å². The highest BCUT2D eigenvalue weighted by Crippen LogP contribution is 2.24. The second-order valence-electron chi connectivity index (χ2n) is 3.14. The molecule has 7 heteroatoms. The van der Waals surface area contributed by atoms with Crippen LogP contribution in [-0.4, -0.2) is 16.1 Å². The van der Waals surface area contributed by atoms with Gasteiger partial charge in [-0.25, -0.2) is 13.8 Å². The number of pyridine rings is 1. The molecule has 4 nitrogen and oxygen atoms in total. The molecule has 0 spiro atoms. The Hall–Kier alpha value is -1.74. The maximum Gasteiger partial charge on any atom is 0.309 e. The molecule has 0 aliphatic heterocycles. The third-order valence-corrected chi connectivity index (χ3v) is 2.29. The van der Waals surface area contributed by atoms with E-state index in [0.717, 1.165) is 6.07 Å². The number of halogens is 3. The summed E-state index contributed by atoms with van der Waals surface area (Å²) >= 11 is 5.46. The molecule has 1 rings (SSSR count). The molecule has 0 unspecified atom stereocenters. The van der Waals surface area contributed by atoms with E-state index in [2.05, 4.69) is 4.98 Å². The zero-order valence-electron chi connectivity index (χ0n) is 8.45. The first-order valence-electron chi connectivity index (χ1n) is 4.48. The van der Waals surface area contributed by atoms with Gasteiger partial charge in [-0.05, 0) is 11.6 Å². The number of carbonyl (C=O) groups is 1. The maximum atomic E-state index is 12.6. The fraction of sp³-hybridized carbons (Fsp3) is 0.300. The van der Waals surface area contributed by atoms with E-state index >= 15 is 0 Å². The Morgan fingerprint density at radius 2 is 2.29 bits per heavy atom. The topological polar surface area (TPSA) is 74.0 Å². The van der Waals surface area contributed by atoms with E-state index in [1.807, 2.05) is 0 Å². The van der Waals surface area contributed by atoms with Crippen molar-refractivity contribution in [3.05, 3.63) is 28.6 Å². The van der Waals surface area contributed by atoms with Crippen molar-refractivity contribution in [2.75, 3.05) is 0 Å². The van der Waals surface area contributed by atoms with E-state index in [1.54, 1.807) is 6.07 Å². The molecule has 0 aromatic carbocycles. The van der Waals surface area contributed by atoms with Crippen molar-refractivity contribution in [3.63, 3.8) is 0 Å². The number of carboxylic acids is 1. The van der Waals surface area contributed by atoms with Crippen LogP contribution in [0.2, 0.25) is 0 Å². The van der Waals surface area contributed by atoms with Gasteiger partial charge < -0.3 is 5.11 Å². The van der Waals surface area contributed by atoms with Crippen molar-refractivity contribution in [1.82, 2.24) is 4.98 Å². The molecule has 0 radical (unpaired) electrons. The van der Waals surface area contributed by atoms with Crippen LogP contribution in [0.1, 0.15) is 28.9 Å². The summed E-state index contributed by atoms with van der Waals surface area (Å²) in [6, 6.07) is 2.86. The van der Waals surface area contributed by atoms with Crippen LogP contribution in [0.4, 0.5) is 8.78 Å². The molecule has 1 heterocycles. The minimum atomic E-state index is -2.86. The molecule has 0 aliphatic rings. The second kappa shape index (κ2) is 5.55. The van der Waals surface area contributed by atoms with Gasteiger partial charge in [0.2, 0.25) is 0 Å².